The fourth-order valence-electron chi connectivity index (χ4n) is 3.29. The molecule has 1 N–H and O–H groups in total. The molecule has 2 amide bonds. The zero-order chi connectivity index (χ0) is 21.5. The second-order valence-corrected chi connectivity index (χ2v) is 7.72. The molecule has 0 bridgehead atoms. The number of halogens is 1. The number of methoxy groups -OCH3 is 1. The molecular formula is C24H28ClN3O2. The van der Waals surface area contributed by atoms with Gasteiger partial charge in [0.2, 0.25) is 0 Å². The van der Waals surface area contributed by atoms with Crippen LogP contribution >= 0.6 is 11.6 Å². The van der Waals surface area contributed by atoms with E-state index in [-0.39, 0.29) is 6.03 Å². The van der Waals surface area contributed by atoms with Gasteiger partial charge in [0, 0.05) is 42.8 Å². The maximum atomic E-state index is 13.1. The number of carbonyl (C=O) groups is 1. The van der Waals surface area contributed by atoms with Gasteiger partial charge < -0.3 is 19.5 Å². The number of aryl methyl sites for hydroxylation is 1. The molecule has 3 aromatic rings. The highest BCUT2D eigenvalue weighted by Crippen LogP contribution is 2.20. The summed E-state index contributed by atoms with van der Waals surface area (Å²) in [5.41, 5.74) is 5.11. The largest absolute Gasteiger partial charge is 0.383 e. The Morgan fingerprint density at radius 2 is 1.90 bits per heavy atom. The zero-order valence-corrected chi connectivity index (χ0v) is 18.4. The number of carbonyl (C=O) groups excluding carboxylic acids is 1. The Labute approximate surface area is 183 Å². The van der Waals surface area contributed by atoms with Gasteiger partial charge in [-0.1, -0.05) is 41.9 Å². The van der Waals surface area contributed by atoms with Crippen LogP contribution in [0.4, 0.5) is 10.5 Å². The average molecular weight is 426 g/mol. The van der Waals surface area contributed by atoms with Crippen molar-refractivity contribution in [3.8, 4) is 0 Å². The Bertz CT molecular complexity index is 1000. The van der Waals surface area contributed by atoms with Gasteiger partial charge in [-0.15, -0.1) is 0 Å². The summed E-state index contributed by atoms with van der Waals surface area (Å²) < 4.78 is 7.35. The SMILES string of the molecule is COCCN(Cc1cccn1Cc1ccccc1Cl)C(=O)Nc1cccc(C)c1C. The van der Waals surface area contributed by atoms with Crippen LogP contribution in [0.1, 0.15) is 22.4 Å². The molecule has 0 saturated heterocycles. The molecule has 1 heterocycles. The van der Waals surface area contributed by atoms with Gasteiger partial charge in [0.25, 0.3) is 0 Å². The molecule has 0 aliphatic heterocycles. The molecular weight excluding hydrogens is 398 g/mol. The van der Waals surface area contributed by atoms with Crippen molar-refractivity contribution in [3.63, 3.8) is 0 Å². The molecule has 0 radical (unpaired) electrons. The number of hydrogen-bond acceptors (Lipinski definition) is 2. The Hall–Kier alpha value is -2.76. The first kappa shape index (κ1) is 21.9. The summed E-state index contributed by atoms with van der Waals surface area (Å²) in [6, 6.07) is 17.6. The van der Waals surface area contributed by atoms with Gasteiger partial charge in [-0.25, -0.2) is 4.79 Å². The summed E-state index contributed by atoms with van der Waals surface area (Å²) in [5.74, 6) is 0. The van der Waals surface area contributed by atoms with E-state index in [1.54, 1.807) is 12.0 Å². The Balaban J connectivity index is 1.77. The lowest BCUT2D eigenvalue weighted by molar-refractivity contribution is 0.152. The maximum Gasteiger partial charge on any atom is 0.322 e. The second kappa shape index (κ2) is 10.3. The predicted molar refractivity (Wildman–Crippen MR) is 122 cm³/mol. The molecule has 2 aromatic carbocycles. The Morgan fingerprint density at radius 1 is 1.10 bits per heavy atom. The van der Waals surface area contributed by atoms with Gasteiger partial charge in [0.1, 0.15) is 0 Å². The lowest BCUT2D eigenvalue weighted by atomic mass is 10.1. The van der Waals surface area contributed by atoms with Crippen molar-refractivity contribution < 1.29 is 9.53 Å². The molecule has 0 aliphatic rings. The van der Waals surface area contributed by atoms with Crippen molar-refractivity contribution in [3.05, 3.63) is 88.2 Å². The number of urea groups is 1. The molecule has 0 fully saturated rings. The van der Waals surface area contributed by atoms with Crippen LogP contribution < -0.4 is 5.32 Å². The molecule has 0 aliphatic carbocycles. The number of hydrogen-bond donors (Lipinski definition) is 1. The topological polar surface area (TPSA) is 46.5 Å². The van der Waals surface area contributed by atoms with Gasteiger partial charge in [-0.3, -0.25) is 0 Å². The minimum Gasteiger partial charge on any atom is -0.383 e. The van der Waals surface area contributed by atoms with E-state index in [0.717, 1.165) is 33.1 Å². The average Bonchev–Trinajstić information content (AvgIpc) is 3.17. The molecule has 0 unspecified atom stereocenters. The molecule has 1 aromatic heterocycles. The van der Waals surface area contributed by atoms with E-state index in [9.17, 15) is 4.79 Å². The van der Waals surface area contributed by atoms with Crippen molar-refractivity contribution in [2.45, 2.75) is 26.9 Å². The number of anilines is 1. The first-order valence-corrected chi connectivity index (χ1v) is 10.4. The molecule has 0 spiro atoms. The molecule has 5 nitrogen and oxygen atoms in total. The summed E-state index contributed by atoms with van der Waals surface area (Å²) in [5, 5.41) is 3.79. The summed E-state index contributed by atoms with van der Waals surface area (Å²) in [6.45, 7) is 6.13. The smallest absolute Gasteiger partial charge is 0.322 e. The van der Waals surface area contributed by atoms with E-state index >= 15 is 0 Å². The highest BCUT2D eigenvalue weighted by atomic mass is 35.5. The highest BCUT2D eigenvalue weighted by molar-refractivity contribution is 6.31. The van der Waals surface area contributed by atoms with Gasteiger partial charge >= 0.3 is 6.03 Å². The van der Waals surface area contributed by atoms with Crippen molar-refractivity contribution in [1.82, 2.24) is 9.47 Å². The summed E-state index contributed by atoms with van der Waals surface area (Å²) >= 11 is 6.33. The van der Waals surface area contributed by atoms with E-state index in [2.05, 4.69) is 9.88 Å². The van der Waals surface area contributed by atoms with Crippen LogP contribution in [0.2, 0.25) is 5.02 Å². The number of nitrogens with zero attached hydrogens (tertiary/aromatic N) is 2. The van der Waals surface area contributed by atoms with Gasteiger partial charge in [0.05, 0.1) is 13.2 Å². The van der Waals surface area contributed by atoms with Gasteiger partial charge in [-0.05, 0) is 54.8 Å². The fourth-order valence-corrected chi connectivity index (χ4v) is 3.48. The molecule has 6 heteroatoms. The normalized spacial score (nSPS) is 10.8. The van der Waals surface area contributed by atoms with Crippen LogP contribution in [0.5, 0.6) is 0 Å². The number of ether oxygens (including phenoxy) is 1. The highest BCUT2D eigenvalue weighted by Gasteiger charge is 2.17. The minimum atomic E-state index is -0.147. The van der Waals surface area contributed by atoms with E-state index < -0.39 is 0 Å². The first-order valence-electron chi connectivity index (χ1n) is 9.98. The number of nitrogens with one attached hydrogen (secondary N) is 1. The van der Waals surface area contributed by atoms with E-state index in [1.807, 2.05) is 74.6 Å². The van der Waals surface area contributed by atoms with Crippen LogP contribution in [0, 0.1) is 13.8 Å². The van der Waals surface area contributed by atoms with Gasteiger partial charge in [0.15, 0.2) is 0 Å². The van der Waals surface area contributed by atoms with Crippen LogP contribution in [-0.4, -0.2) is 35.8 Å². The second-order valence-electron chi connectivity index (χ2n) is 7.31. The first-order chi connectivity index (χ1) is 14.5. The minimum absolute atomic E-state index is 0.147. The Morgan fingerprint density at radius 3 is 2.67 bits per heavy atom. The van der Waals surface area contributed by atoms with Crippen molar-refractivity contribution in [2.75, 3.05) is 25.6 Å². The number of benzene rings is 2. The zero-order valence-electron chi connectivity index (χ0n) is 17.7. The summed E-state index contributed by atoms with van der Waals surface area (Å²) in [6.07, 6.45) is 2.01. The fraction of sp³-hybridized carbons (Fsp3) is 0.292. The van der Waals surface area contributed by atoms with Crippen molar-refractivity contribution in [2.24, 2.45) is 0 Å². The molecule has 0 atom stereocenters. The van der Waals surface area contributed by atoms with Crippen molar-refractivity contribution >= 4 is 23.3 Å². The quantitative estimate of drug-likeness (QED) is 0.518. The monoisotopic (exact) mass is 425 g/mol. The number of amides is 2. The third-order valence-corrected chi connectivity index (χ3v) is 5.64. The van der Waals surface area contributed by atoms with Crippen LogP contribution in [0.15, 0.2) is 60.8 Å². The predicted octanol–water partition coefficient (Wildman–Crippen LogP) is 5.49. The van der Waals surface area contributed by atoms with E-state index in [0.29, 0.717) is 26.2 Å². The lowest BCUT2D eigenvalue weighted by Crippen LogP contribution is -2.37. The molecule has 30 heavy (non-hydrogen) atoms. The number of rotatable bonds is 8. The van der Waals surface area contributed by atoms with E-state index in [4.69, 9.17) is 16.3 Å². The standard InChI is InChI=1S/C24H28ClN3O2/c1-18-8-6-12-23(19(18)2)26-24(29)28(14-15-30-3)17-21-10-7-13-27(21)16-20-9-4-5-11-22(20)25/h4-13H,14-17H2,1-3H3,(H,26,29). The molecule has 158 valence electrons. The third kappa shape index (κ3) is 5.43. The summed E-state index contributed by atoms with van der Waals surface area (Å²) in [7, 11) is 1.64. The van der Waals surface area contributed by atoms with Crippen LogP contribution in [0.25, 0.3) is 0 Å². The summed E-state index contributed by atoms with van der Waals surface area (Å²) in [4.78, 5) is 14.8. The van der Waals surface area contributed by atoms with Crippen LogP contribution in [-0.2, 0) is 17.8 Å². The van der Waals surface area contributed by atoms with E-state index in [1.165, 1.54) is 0 Å². The van der Waals surface area contributed by atoms with Gasteiger partial charge in [-0.2, -0.15) is 0 Å². The van der Waals surface area contributed by atoms with Crippen LogP contribution in [0.3, 0.4) is 0 Å². The van der Waals surface area contributed by atoms with Crippen molar-refractivity contribution in [1.29, 1.82) is 0 Å². The maximum absolute atomic E-state index is 13.1. The lowest BCUT2D eigenvalue weighted by Gasteiger charge is -2.24. The number of aromatic nitrogens is 1. The third-order valence-electron chi connectivity index (χ3n) is 5.27. The molecule has 3 rings (SSSR count). The molecule has 0 saturated carbocycles. The Kier molecular flexibility index (Phi) is 7.55.